The second-order valence-electron chi connectivity index (χ2n) is 4.34. The molecule has 1 aromatic heterocycles. The number of nitrogens with one attached hydrogen (secondary N) is 1. The average Bonchev–Trinajstić information content (AvgIpc) is 3.02. The van der Waals surface area contributed by atoms with E-state index in [-0.39, 0.29) is 23.2 Å². The molecule has 1 aliphatic heterocycles. The Labute approximate surface area is 112 Å². The molecule has 2 aromatic rings. The first-order chi connectivity index (χ1) is 9.58. The molecule has 0 spiro atoms. The highest BCUT2D eigenvalue weighted by molar-refractivity contribution is 6.21. The maximum atomic E-state index is 12.2. The van der Waals surface area contributed by atoms with Crippen molar-refractivity contribution in [3.63, 3.8) is 0 Å². The number of carbonyl (C=O) groups excluding carboxylic acids is 2. The third-order valence-electron chi connectivity index (χ3n) is 3.10. The number of fused-ring (bicyclic) bond motifs is 1. The first kappa shape index (κ1) is 12.1. The Kier molecular flexibility index (Phi) is 2.60. The maximum Gasteiger partial charge on any atom is 0.335 e. The lowest BCUT2D eigenvalue weighted by Crippen LogP contribution is -2.29. The third kappa shape index (κ3) is 1.76. The van der Waals surface area contributed by atoms with Gasteiger partial charge in [0.1, 0.15) is 0 Å². The van der Waals surface area contributed by atoms with E-state index < -0.39 is 17.8 Å². The summed E-state index contributed by atoms with van der Waals surface area (Å²) in [5.74, 6) is -2.07. The molecule has 1 aliphatic rings. The number of aromatic carboxylic acids is 1. The van der Waals surface area contributed by atoms with Gasteiger partial charge < -0.3 is 10.1 Å². The van der Waals surface area contributed by atoms with E-state index in [9.17, 15) is 14.4 Å². The van der Waals surface area contributed by atoms with Gasteiger partial charge in [0.25, 0.3) is 11.8 Å². The predicted molar refractivity (Wildman–Crippen MR) is 66.2 cm³/mol. The Hall–Kier alpha value is -2.96. The van der Waals surface area contributed by atoms with Crippen LogP contribution in [-0.2, 0) is 6.54 Å². The number of H-pyrrole nitrogens is 1. The summed E-state index contributed by atoms with van der Waals surface area (Å²) >= 11 is 0. The van der Waals surface area contributed by atoms with E-state index in [0.29, 0.717) is 5.69 Å². The van der Waals surface area contributed by atoms with Crippen molar-refractivity contribution in [2.24, 2.45) is 0 Å². The van der Waals surface area contributed by atoms with E-state index in [1.807, 2.05) is 0 Å². The molecule has 7 heteroatoms. The first-order valence-corrected chi connectivity index (χ1v) is 5.78. The van der Waals surface area contributed by atoms with Gasteiger partial charge in [-0.1, -0.05) is 0 Å². The van der Waals surface area contributed by atoms with Gasteiger partial charge in [-0.25, -0.2) is 9.78 Å². The number of rotatable bonds is 3. The summed E-state index contributed by atoms with van der Waals surface area (Å²) in [5, 5.41) is 8.92. The van der Waals surface area contributed by atoms with Gasteiger partial charge in [0.2, 0.25) is 0 Å². The number of aromatic amines is 1. The zero-order chi connectivity index (χ0) is 14.3. The zero-order valence-corrected chi connectivity index (χ0v) is 10.2. The van der Waals surface area contributed by atoms with Crippen molar-refractivity contribution in [1.29, 1.82) is 0 Å². The molecule has 0 unspecified atom stereocenters. The van der Waals surface area contributed by atoms with Crippen molar-refractivity contribution in [2.75, 3.05) is 0 Å². The van der Waals surface area contributed by atoms with E-state index in [0.717, 1.165) is 4.90 Å². The quantitative estimate of drug-likeness (QED) is 0.807. The third-order valence-corrected chi connectivity index (χ3v) is 3.10. The molecule has 0 atom stereocenters. The molecule has 7 nitrogen and oxygen atoms in total. The van der Waals surface area contributed by atoms with Gasteiger partial charge in [-0.15, -0.1) is 0 Å². The van der Waals surface area contributed by atoms with Gasteiger partial charge in [-0.2, -0.15) is 0 Å². The number of imide groups is 1. The van der Waals surface area contributed by atoms with E-state index in [1.165, 1.54) is 30.7 Å². The minimum Gasteiger partial charge on any atom is -0.478 e. The monoisotopic (exact) mass is 271 g/mol. The highest BCUT2D eigenvalue weighted by atomic mass is 16.4. The van der Waals surface area contributed by atoms with Crippen LogP contribution in [0.3, 0.4) is 0 Å². The van der Waals surface area contributed by atoms with Crippen LogP contribution in [0.1, 0.15) is 36.8 Å². The number of benzene rings is 1. The molecule has 20 heavy (non-hydrogen) atoms. The molecule has 1 aromatic carbocycles. The highest BCUT2D eigenvalue weighted by Gasteiger charge is 2.36. The summed E-state index contributed by atoms with van der Waals surface area (Å²) in [4.78, 5) is 42.9. The Morgan fingerprint density at radius 1 is 1.25 bits per heavy atom. The molecule has 0 bridgehead atoms. The summed E-state index contributed by atoms with van der Waals surface area (Å²) in [6.45, 7) is 0.0781. The normalized spacial score (nSPS) is 13.7. The molecule has 2 amide bonds. The number of carboxylic acid groups (broad SMARTS) is 1. The fraction of sp³-hybridized carbons (Fsp3) is 0.0769. The molecule has 0 saturated carbocycles. The SMILES string of the molecule is O=C(O)c1ccc2c(c1)C(=O)N(Cc1cnc[nH]1)C2=O. The average molecular weight is 271 g/mol. The number of aromatic nitrogens is 2. The summed E-state index contributed by atoms with van der Waals surface area (Å²) in [7, 11) is 0. The highest BCUT2D eigenvalue weighted by Crippen LogP contribution is 2.25. The number of imidazole rings is 1. The Morgan fingerprint density at radius 2 is 2.00 bits per heavy atom. The lowest BCUT2D eigenvalue weighted by Gasteiger charge is -2.11. The minimum absolute atomic E-state index is 0.0201. The molecule has 0 fully saturated rings. The van der Waals surface area contributed by atoms with Crippen LogP contribution in [0.15, 0.2) is 30.7 Å². The van der Waals surface area contributed by atoms with Gasteiger partial charge in [0.05, 0.1) is 35.3 Å². The molecule has 0 aliphatic carbocycles. The van der Waals surface area contributed by atoms with Crippen molar-refractivity contribution in [2.45, 2.75) is 6.54 Å². The van der Waals surface area contributed by atoms with Gasteiger partial charge in [0, 0.05) is 6.20 Å². The van der Waals surface area contributed by atoms with Gasteiger partial charge in [-0.3, -0.25) is 14.5 Å². The molecular weight excluding hydrogens is 262 g/mol. The van der Waals surface area contributed by atoms with Crippen LogP contribution < -0.4 is 0 Å². The predicted octanol–water partition coefficient (Wildman–Crippen LogP) is 0.904. The first-order valence-electron chi connectivity index (χ1n) is 5.78. The summed E-state index contributed by atoms with van der Waals surface area (Å²) in [6, 6.07) is 3.91. The summed E-state index contributed by atoms with van der Waals surface area (Å²) in [6.07, 6.45) is 2.97. The van der Waals surface area contributed by atoms with Crippen LogP contribution in [0.2, 0.25) is 0 Å². The van der Waals surface area contributed by atoms with Crippen molar-refractivity contribution in [1.82, 2.24) is 14.9 Å². The molecular formula is C13H9N3O4. The summed E-state index contributed by atoms with van der Waals surface area (Å²) in [5.41, 5.74) is 0.945. The van der Waals surface area contributed by atoms with Crippen LogP contribution in [0.4, 0.5) is 0 Å². The van der Waals surface area contributed by atoms with Crippen LogP contribution in [0.5, 0.6) is 0 Å². The van der Waals surface area contributed by atoms with Crippen LogP contribution in [0.25, 0.3) is 0 Å². The molecule has 2 N–H and O–H groups in total. The number of carboxylic acids is 1. The number of amides is 2. The second-order valence-corrected chi connectivity index (χ2v) is 4.34. The lowest BCUT2D eigenvalue weighted by molar-refractivity contribution is 0.0639. The fourth-order valence-electron chi connectivity index (χ4n) is 2.11. The standard InChI is InChI=1S/C13H9N3O4/c17-11-9-2-1-7(13(19)20)3-10(9)12(18)16(11)5-8-4-14-6-15-8/h1-4,6H,5H2,(H,14,15)(H,19,20). The Balaban J connectivity index is 1.97. The lowest BCUT2D eigenvalue weighted by atomic mass is 10.1. The van der Waals surface area contributed by atoms with Crippen molar-refractivity contribution in [3.8, 4) is 0 Å². The van der Waals surface area contributed by atoms with E-state index >= 15 is 0 Å². The smallest absolute Gasteiger partial charge is 0.335 e. The van der Waals surface area contributed by atoms with Gasteiger partial charge in [0.15, 0.2) is 0 Å². The zero-order valence-electron chi connectivity index (χ0n) is 10.2. The molecule has 2 heterocycles. The Bertz CT molecular complexity index is 721. The Morgan fingerprint density at radius 3 is 2.65 bits per heavy atom. The number of hydrogen-bond acceptors (Lipinski definition) is 4. The minimum atomic E-state index is -1.14. The van der Waals surface area contributed by atoms with Crippen LogP contribution >= 0.6 is 0 Å². The van der Waals surface area contributed by atoms with Crippen LogP contribution in [0, 0.1) is 0 Å². The largest absolute Gasteiger partial charge is 0.478 e. The topological polar surface area (TPSA) is 103 Å². The second kappa shape index (κ2) is 4.30. The number of carbonyl (C=O) groups is 3. The van der Waals surface area contributed by atoms with Crippen molar-refractivity contribution < 1.29 is 19.5 Å². The molecule has 3 rings (SSSR count). The number of nitrogens with zero attached hydrogens (tertiary/aromatic N) is 2. The number of hydrogen-bond donors (Lipinski definition) is 2. The van der Waals surface area contributed by atoms with Crippen molar-refractivity contribution >= 4 is 17.8 Å². The maximum absolute atomic E-state index is 12.2. The van der Waals surface area contributed by atoms with Crippen molar-refractivity contribution in [3.05, 3.63) is 53.1 Å². The van der Waals surface area contributed by atoms with Gasteiger partial charge in [-0.05, 0) is 18.2 Å². The summed E-state index contributed by atoms with van der Waals surface area (Å²) < 4.78 is 0. The van der Waals surface area contributed by atoms with E-state index in [2.05, 4.69) is 9.97 Å². The molecule has 100 valence electrons. The fourth-order valence-corrected chi connectivity index (χ4v) is 2.11. The molecule has 0 radical (unpaired) electrons. The van der Waals surface area contributed by atoms with Crippen LogP contribution in [-0.4, -0.2) is 37.8 Å². The molecule has 0 saturated heterocycles. The van der Waals surface area contributed by atoms with E-state index in [1.54, 1.807) is 0 Å². The van der Waals surface area contributed by atoms with E-state index in [4.69, 9.17) is 5.11 Å². The van der Waals surface area contributed by atoms with Gasteiger partial charge >= 0.3 is 5.97 Å².